The Morgan fingerprint density at radius 2 is 0.540 bits per heavy atom. The van der Waals surface area contributed by atoms with E-state index < -0.39 is 211 Å². The SMILES string of the molecule is C=CCO[C@@H]1OC(CO)[C@@H](O[C@@H]2OC(CO)[C@H](O[C@H]3OC(CO)[C@@H](O)[C@H](O)C3O)[C@H](O)C2O)[C@H](O)C1O.OCC1OC=CC(O)[C@@H]1O[C@@H]1OC(CO)[C@H](O[C@H]2OC(CO)[C@@H](O)[C@H](O)C2O)[C@H](O)C1O.[Ac].[Ac].[Ac].[Ac].[Ac].[Ac].[Ac].[Ac].[Ac].[Ac].[Ac].[Ac].[Ac].[Ac].[Ac].[Ac].[Ac].[Ac]. The van der Waals surface area contributed by atoms with Crippen LogP contribution in [0.5, 0.6) is 0 Å². The van der Waals surface area contributed by atoms with Crippen LogP contribution in [0.25, 0.3) is 0 Å². The fraction of sp³-hybridized carbons (Fsp3) is 0.897. The van der Waals surface area contributed by atoms with E-state index in [1.807, 2.05) is 0 Å². The average molecular weight is 5100 g/mol. The van der Waals surface area contributed by atoms with Crippen molar-refractivity contribution in [1.82, 2.24) is 0 Å². The Morgan fingerprint density at radius 1 is 0.299 bits per heavy atom. The third-order valence-corrected chi connectivity index (χ3v) is 12.1. The van der Waals surface area contributed by atoms with Gasteiger partial charge < -0.3 is 149 Å². The van der Waals surface area contributed by atoms with E-state index in [-0.39, 0.29) is 800 Å². The molecule has 0 bridgehead atoms. The van der Waals surface area contributed by atoms with Gasteiger partial charge in [0.25, 0.3) is 0 Å². The molecule has 5 saturated heterocycles. The minimum atomic E-state index is -1.89. The molecule has 0 aromatic rings. The number of rotatable bonds is 17. The Hall–Kier alpha value is 24.1. The number of aliphatic hydroxyl groups is 19. The maximum Gasteiger partial charge on any atom is 0.187 e. The molecule has 5 fully saturated rings. The van der Waals surface area contributed by atoms with Crippen LogP contribution in [0.2, 0.25) is 0 Å². The summed E-state index contributed by atoms with van der Waals surface area (Å²) in [5.41, 5.74) is 0. The summed E-state index contributed by atoms with van der Waals surface area (Å²) in [6.45, 7) is -0.770. The van der Waals surface area contributed by atoms with Gasteiger partial charge in [-0.1, -0.05) is 6.08 Å². The van der Waals surface area contributed by atoms with Crippen LogP contribution in [0.4, 0.5) is 0 Å². The number of hydrogen-bond acceptors (Lipinski definition) is 30. The van der Waals surface area contributed by atoms with E-state index >= 15 is 0 Å². The molecule has 6 rings (SSSR count). The molecule has 0 aliphatic carbocycles. The van der Waals surface area contributed by atoms with E-state index in [0.29, 0.717) is 0 Å². The molecule has 0 aromatic carbocycles. The minimum Gasteiger partial charge on any atom is -0.493 e. The van der Waals surface area contributed by atoms with E-state index in [9.17, 15) is 97.0 Å². The van der Waals surface area contributed by atoms with Gasteiger partial charge in [0.2, 0.25) is 0 Å². The molecule has 18 radical (unpaired) electrons. The van der Waals surface area contributed by atoms with E-state index in [2.05, 4.69) is 6.58 Å². The van der Waals surface area contributed by atoms with Gasteiger partial charge in [-0.25, -0.2) is 0 Å². The molecular formula is C39H66Ac18O30. The van der Waals surface area contributed by atoms with Gasteiger partial charge in [-0.15, -0.1) is 6.58 Å². The topological polar surface area (TPSA) is 486 Å². The van der Waals surface area contributed by atoms with E-state index in [0.717, 1.165) is 0 Å². The van der Waals surface area contributed by atoms with Crippen LogP contribution in [-0.4, -0.2) is 315 Å². The van der Waals surface area contributed by atoms with Crippen LogP contribution < -0.4 is 0 Å². The van der Waals surface area contributed by atoms with Crippen LogP contribution in [0.3, 0.4) is 0 Å². The second kappa shape index (κ2) is 78.6. The molecule has 6 heterocycles. The van der Waals surface area contributed by atoms with Crippen LogP contribution in [0.1, 0.15) is 0 Å². The van der Waals surface area contributed by atoms with Gasteiger partial charge in [0, 0.05) is 793 Å². The second-order valence-electron chi connectivity index (χ2n) is 16.7. The number of aliphatic hydroxyl groups excluding tert-OH is 19. The van der Waals surface area contributed by atoms with E-state index in [4.69, 9.17) is 52.1 Å². The first kappa shape index (κ1) is 143. The summed E-state index contributed by atoms with van der Waals surface area (Å²) >= 11 is 0. The first-order chi connectivity index (χ1) is 32.8. The second-order valence-corrected chi connectivity index (χ2v) is 16.7. The summed E-state index contributed by atoms with van der Waals surface area (Å²) in [5, 5.41) is 191. The van der Waals surface area contributed by atoms with Crippen LogP contribution >= 0.6 is 0 Å². The smallest absolute Gasteiger partial charge is 0.187 e. The van der Waals surface area contributed by atoms with Gasteiger partial charge in [0.1, 0.15) is 140 Å². The zero-order valence-corrected chi connectivity index (χ0v) is 132. The molecule has 30 nitrogen and oxygen atoms in total. The fourth-order valence-electron chi connectivity index (χ4n) is 8.12. The number of hydrogen-bond donors (Lipinski definition) is 19. The van der Waals surface area contributed by atoms with Crippen molar-refractivity contribution in [2.24, 2.45) is 0 Å². The average Bonchev–Trinajstić information content (AvgIpc) is 3.35. The molecule has 19 N–H and O–H groups in total. The molecule has 0 amide bonds. The molecule has 12 unspecified atom stereocenters. The van der Waals surface area contributed by atoms with Crippen molar-refractivity contribution < 1.29 is 942 Å². The minimum absolute atomic E-state index is 0. The van der Waals surface area contributed by atoms with Crippen molar-refractivity contribution in [3.63, 3.8) is 0 Å². The van der Waals surface area contributed by atoms with Gasteiger partial charge in [-0.05, 0) is 6.08 Å². The van der Waals surface area contributed by atoms with Gasteiger partial charge >= 0.3 is 0 Å². The predicted octanol–water partition coefficient (Wildman–Crippen LogP) is -12.1. The van der Waals surface area contributed by atoms with Crippen molar-refractivity contribution in [3.05, 3.63) is 25.0 Å². The normalized spacial score (nSPS) is 39.1. The quantitative estimate of drug-likeness (QED) is 0.0601. The van der Waals surface area contributed by atoms with Crippen molar-refractivity contribution in [1.29, 1.82) is 0 Å². The molecular weight excluding hydrogens is 5030 g/mol. The largest absolute Gasteiger partial charge is 0.493 e. The molecule has 48 heteroatoms. The Bertz CT molecular complexity index is 1610. The molecule has 87 heavy (non-hydrogen) atoms. The van der Waals surface area contributed by atoms with E-state index in [1.165, 1.54) is 18.4 Å². The summed E-state index contributed by atoms with van der Waals surface area (Å²) in [5.74, 6) is 0. The van der Waals surface area contributed by atoms with Crippen molar-refractivity contribution in [3.8, 4) is 0 Å². The van der Waals surface area contributed by atoms with Gasteiger partial charge in [0.05, 0.1) is 52.5 Å². The summed E-state index contributed by atoms with van der Waals surface area (Å²) in [6, 6.07) is 0. The van der Waals surface area contributed by atoms with Crippen LogP contribution in [0.15, 0.2) is 25.0 Å². The zero-order chi connectivity index (χ0) is 51.0. The van der Waals surface area contributed by atoms with Gasteiger partial charge in [0.15, 0.2) is 31.5 Å². The Labute approximate surface area is 1150 Å². The Balaban J connectivity index is -0.0000000851. The maximum absolute atomic E-state index is 10.7. The van der Waals surface area contributed by atoms with Gasteiger partial charge in [-0.3, -0.25) is 0 Å². The van der Waals surface area contributed by atoms with Crippen LogP contribution in [0, 0.1) is 793 Å². The molecule has 6 aliphatic heterocycles. The van der Waals surface area contributed by atoms with E-state index in [1.54, 1.807) is 0 Å². The molecule has 456 valence electrons. The standard InChI is InChI=1S/C21H36O16.C18H30O14.18Ac/c1-2-3-32-19-15(30)12(27)17(8(5-23)34-19)37-21-16(31)13(28)18(9(6-24)35-21)36-20-14(29)11(26)10(25)7(4-22)33-20;19-3-7-10(23)11(24)13(26)17(29-7)32-16-9(5-21)30-18(14(27)12(16)25)31-15-6(22)1-2-28-8(15)4-20;;;;;;;;;;;;;;;;;;/h2,7-31H,1,3-6H2;1-2,6-27H,3-5H2;;;;;;;;;;;;;;;;;;/t7?,8?,9?,10-,11+,12-,13-,14?,15?,16?,17-,18+,19-,20-,21+;6?,7?,8?,9?,10-,11+,12-,13?,14?,15+,16+,17-,18+;;;;;;;;;;;;;;;;;;/m11................../s1. The monoisotopic (exact) mass is 5100 g/mol. The fourth-order valence-corrected chi connectivity index (χ4v) is 8.12. The molecule has 0 aromatic heterocycles. The van der Waals surface area contributed by atoms with Crippen LogP contribution in [-0.2, 0) is 52.1 Å². The molecule has 0 saturated carbocycles. The maximum atomic E-state index is 10.7. The summed E-state index contributed by atoms with van der Waals surface area (Å²) in [7, 11) is 0. The Morgan fingerprint density at radius 3 is 0.816 bits per heavy atom. The molecule has 28 atom stereocenters. The summed E-state index contributed by atoms with van der Waals surface area (Å²) in [4.78, 5) is 0. The molecule has 0 spiro atoms. The van der Waals surface area contributed by atoms with Crippen molar-refractivity contribution >= 4 is 0 Å². The summed E-state index contributed by atoms with van der Waals surface area (Å²) < 4.78 is 59.2. The third-order valence-electron chi connectivity index (χ3n) is 12.1. The van der Waals surface area contributed by atoms with Crippen molar-refractivity contribution in [2.75, 3.05) is 46.2 Å². The zero-order valence-electron chi connectivity index (χ0n) is 46.9. The first-order valence-corrected chi connectivity index (χ1v) is 21.8. The third kappa shape index (κ3) is 44.4. The number of ether oxygens (including phenoxy) is 11. The van der Waals surface area contributed by atoms with Gasteiger partial charge in [-0.2, -0.15) is 0 Å². The molecule has 6 aliphatic rings. The summed E-state index contributed by atoms with van der Waals surface area (Å²) in [6.07, 6.45) is -39.7. The predicted molar refractivity (Wildman–Crippen MR) is 214 cm³/mol. The first-order valence-electron chi connectivity index (χ1n) is 21.8. The van der Waals surface area contributed by atoms with Crippen molar-refractivity contribution in [2.45, 2.75) is 172 Å². The Kier molecular flexibility index (Phi) is 129.